The zero-order valence-electron chi connectivity index (χ0n) is 14.5. The van der Waals surface area contributed by atoms with E-state index in [1.54, 1.807) is 34.9 Å². The van der Waals surface area contributed by atoms with E-state index < -0.39 is 11.8 Å². The van der Waals surface area contributed by atoms with Crippen molar-refractivity contribution in [3.05, 3.63) is 56.6 Å². The van der Waals surface area contributed by atoms with Gasteiger partial charge in [-0.25, -0.2) is 0 Å². The number of rotatable bonds is 5. The van der Waals surface area contributed by atoms with Crippen molar-refractivity contribution in [3.8, 4) is 11.1 Å². The highest BCUT2D eigenvalue weighted by Gasteiger charge is 2.35. The zero-order chi connectivity index (χ0) is 20.0. The lowest BCUT2D eigenvalue weighted by Crippen LogP contribution is -2.20. The predicted molar refractivity (Wildman–Crippen MR) is 109 cm³/mol. The Bertz CT molecular complexity index is 1170. The quantitative estimate of drug-likeness (QED) is 0.447. The molecule has 142 valence electrons. The average molecular weight is 462 g/mol. The van der Waals surface area contributed by atoms with Gasteiger partial charge < -0.3 is 9.67 Å². The van der Waals surface area contributed by atoms with E-state index >= 15 is 0 Å². The normalized spacial score (nSPS) is 13.1. The first kappa shape index (κ1) is 18.9. The minimum atomic E-state index is -0.517. The van der Waals surface area contributed by atoms with Gasteiger partial charge in [-0.15, -0.1) is 0 Å². The number of aliphatic hydroxyl groups excluding tert-OH is 1. The van der Waals surface area contributed by atoms with Crippen LogP contribution in [0.15, 0.2) is 34.8 Å². The summed E-state index contributed by atoms with van der Waals surface area (Å²) in [6.45, 7) is 0.333. The molecule has 0 atom stereocenters. The van der Waals surface area contributed by atoms with Crippen molar-refractivity contribution in [1.82, 2.24) is 9.88 Å². The molecule has 2 amide bonds. The van der Waals surface area contributed by atoms with Crippen LogP contribution in [-0.2, 0) is 6.54 Å². The fraction of sp³-hybridized carbons (Fsp3) is 0.150. The number of imide groups is 1. The molecule has 1 aliphatic heterocycles. The number of hydrogen-bond donors (Lipinski definition) is 2. The molecule has 28 heavy (non-hydrogen) atoms. The van der Waals surface area contributed by atoms with Gasteiger partial charge in [0.15, 0.2) is 6.29 Å². The molecular weight excluding hydrogens is 448 g/mol. The maximum atomic E-state index is 12.6. The van der Waals surface area contributed by atoms with Gasteiger partial charge in [0.25, 0.3) is 11.8 Å². The lowest BCUT2D eigenvalue weighted by Gasteiger charge is -2.12. The summed E-state index contributed by atoms with van der Waals surface area (Å²) in [5.74, 6) is -1.02. The molecule has 2 heterocycles. The summed E-state index contributed by atoms with van der Waals surface area (Å²) in [5, 5.41) is 12.5. The maximum Gasteiger partial charge on any atom is 0.259 e. The number of benzene rings is 2. The van der Waals surface area contributed by atoms with Gasteiger partial charge in [-0.1, -0.05) is 29.8 Å². The number of amides is 2. The predicted octanol–water partition coefficient (Wildman–Crippen LogP) is 3.80. The van der Waals surface area contributed by atoms with Gasteiger partial charge in [-0.3, -0.25) is 19.7 Å². The second-order valence-corrected chi connectivity index (χ2v) is 7.58. The minimum absolute atomic E-state index is 0.0448. The Morgan fingerprint density at radius 2 is 1.86 bits per heavy atom. The van der Waals surface area contributed by atoms with Gasteiger partial charge in [-0.2, -0.15) is 0 Å². The Labute approximate surface area is 173 Å². The van der Waals surface area contributed by atoms with Crippen LogP contribution in [0, 0.1) is 0 Å². The van der Waals surface area contributed by atoms with E-state index in [2.05, 4.69) is 21.2 Å². The lowest BCUT2D eigenvalue weighted by atomic mass is 9.94. The Kier molecular flexibility index (Phi) is 4.82. The summed E-state index contributed by atoms with van der Waals surface area (Å²) in [6, 6.07) is 8.82. The minimum Gasteiger partial charge on any atom is -0.396 e. The summed E-state index contributed by atoms with van der Waals surface area (Å²) >= 11 is 9.78. The third-order valence-corrected chi connectivity index (χ3v) is 5.96. The summed E-state index contributed by atoms with van der Waals surface area (Å²) in [5.41, 5.74) is 2.54. The fourth-order valence-electron chi connectivity index (χ4n) is 3.65. The van der Waals surface area contributed by atoms with Crippen LogP contribution in [0.5, 0.6) is 0 Å². The Morgan fingerprint density at radius 3 is 2.54 bits per heavy atom. The molecule has 6 nitrogen and oxygen atoms in total. The van der Waals surface area contributed by atoms with E-state index in [4.69, 9.17) is 11.6 Å². The zero-order valence-corrected chi connectivity index (χ0v) is 16.8. The van der Waals surface area contributed by atoms with Crippen molar-refractivity contribution in [2.75, 3.05) is 6.61 Å². The first-order chi connectivity index (χ1) is 13.5. The number of fused-ring (bicyclic) bond motifs is 3. The number of aldehydes is 1. The summed E-state index contributed by atoms with van der Waals surface area (Å²) in [7, 11) is 0. The van der Waals surface area contributed by atoms with Crippen molar-refractivity contribution >= 4 is 56.5 Å². The SMILES string of the molecule is O=Cc1c(Br)c2c3c(c(-c4ccccc4Cl)cc2n1CCCO)C(=O)NC3=O. The molecule has 0 saturated carbocycles. The van der Waals surface area contributed by atoms with Crippen LogP contribution < -0.4 is 5.32 Å². The third kappa shape index (κ3) is 2.70. The molecule has 0 bridgehead atoms. The molecular formula is C20H14BrClN2O4. The molecule has 2 N–H and O–H groups in total. The highest BCUT2D eigenvalue weighted by atomic mass is 79.9. The molecule has 0 spiro atoms. The third-order valence-electron chi connectivity index (χ3n) is 4.83. The van der Waals surface area contributed by atoms with E-state index in [1.807, 2.05) is 0 Å². The van der Waals surface area contributed by atoms with Gasteiger partial charge in [0, 0.05) is 29.1 Å². The number of halogens is 2. The van der Waals surface area contributed by atoms with Crippen molar-refractivity contribution in [2.45, 2.75) is 13.0 Å². The molecule has 0 saturated heterocycles. The molecule has 8 heteroatoms. The second kappa shape index (κ2) is 7.16. The molecule has 3 aromatic rings. The summed E-state index contributed by atoms with van der Waals surface area (Å²) in [4.78, 5) is 36.9. The Morgan fingerprint density at radius 1 is 1.14 bits per heavy atom. The number of carbonyl (C=O) groups excluding carboxylic acids is 3. The van der Waals surface area contributed by atoms with Crippen molar-refractivity contribution < 1.29 is 19.5 Å². The van der Waals surface area contributed by atoms with Crippen LogP contribution in [0.3, 0.4) is 0 Å². The van der Waals surface area contributed by atoms with Gasteiger partial charge in [-0.05, 0) is 40.0 Å². The number of hydrogen-bond acceptors (Lipinski definition) is 4. The fourth-order valence-corrected chi connectivity index (χ4v) is 4.59. The van der Waals surface area contributed by atoms with E-state index in [1.165, 1.54) is 0 Å². The molecule has 0 aliphatic carbocycles. The average Bonchev–Trinajstić information content (AvgIpc) is 3.13. The van der Waals surface area contributed by atoms with Crippen molar-refractivity contribution in [3.63, 3.8) is 0 Å². The smallest absolute Gasteiger partial charge is 0.259 e. The van der Waals surface area contributed by atoms with Gasteiger partial charge in [0.2, 0.25) is 0 Å². The number of nitrogens with one attached hydrogen (secondary N) is 1. The maximum absolute atomic E-state index is 12.6. The number of carbonyl (C=O) groups is 3. The molecule has 1 aliphatic rings. The molecule has 0 unspecified atom stereocenters. The second-order valence-electron chi connectivity index (χ2n) is 6.38. The Hall–Kier alpha value is -2.48. The van der Waals surface area contributed by atoms with E-state index in [0.29, 0.717) is 56.5 Å². The standard InChI is InChI=1S/C20H14BrClN2O4/c21-18-14(9-26)24(6-3-7-25)13-8-11(10-4-1-2-5-12(10)22)15-17(16(13)18)20(28)23-19(15)27/h1-2,4-5,8-9,25H,3,6-7H2,(H,23,27,28). The summed E-state index contributed by atoms with van der Waals surface area (Å²) in [6.07, 6.45) is 1.12. The first-order valence-corrected chi connectivity index (χ1v) is 9.72. The van der Waals surface area contributed by atoms with Gasteiger partial charge in [0.05, 0.1) is 26.8 Å². The lowest BCUT2D eigenvalue weighted by molar-refractivity contribution is 0.0880. The van der Waals surface area contributed by atoms with Crippen molar-refractivity contribution in [1.29, 1.82) is 0 Å². The van der Waals surface area contributed by atoms with Crippen LogP contribution in [0.4, 0.5) is 0 Å². The molecule has 0 fully saturated rings. The number of aliphatic hydroxyl groups is 1. The number of aryl methyl sites for hydroxylation is 1. The number of nitrogens with zero attached hydrogens (tertiary/aromatic N) is 1. The Balaban J connectivity index is 2.16. The van der Waals surface area contributed by atoms with Gasteiger partial charge in [0.1, 0.15) is 0 Å². The monoisotopic (exact) mass is 460 g/mol. The highest BCUT2D eigenvalue weighted by Crippen LogP contribution is 2.42. The van der Waals surface area contributed by atoms with Crippen LogP contribution in [0.1, 0.15) is 37.6 Å². The van der Waals surface area contributed by atoms with Crippen LogP contribution >= 0.6 is 27.5 Å². The molecule has 1 aromatic heterocycles. The van der Waals surface area contributed by atoms with E-state index in [-0.39, 0.29) is 17.7 Å². The molecule has 2 aromatic carbocycles. The molecule has 0 radical (unpaired) electrons. The first-order valence-electron chi connectivity index (χ1n) is 8.54. The molecule has 4 rings (SSSR count). The topological polar surface area (TPSA) is 88.4 Å². The largest absolute Gasteiger partial charge is 0.396 e. The number of aromatic nitrogens is 1. The van der Waals surface area contributed by atoms with E-state index in [9.17, 15) is 19.5 Å². The van der Waals surface area contributed by atoms with Gasteiger partial charge >= 0.3 is 0 Å². The van der Waals surface area contributed by atoms with Crippen LogP contribution in [0.25, 0.3) is 22.0 Å². The van der Waals surface area contributed by atoms with Crippen molar-refractivity contribution in [2.24, 2.45) is 0 Å². The van der Waals surface area contributed by atoms with E-state index in [0.717, 1.165) is 0 Å². The highest BCUT2D eigenvalue weighted by molar-refractivity contribution is 9.10. The summed E-state index contributed by atoms with van der Waals surface area (Å²) < 4.78 is 2.18. The van der Waals surface area contributed by atoms with Crippen LogP contribution in [-0.4, -0.2) is 34.4 Å². The van der Waals surface area contributed by atoms with Crippen LogP contribution in [0.2, 0.25) is 5.02 Å².